The first kappa shape index (κ1) is 14.1. The molecule has 7 heteroatoms. The molecule has 1 aromatic heterocycles. The van der Waals surface area contributed by atoms with Gasteiger partial charge in [-0.2, -0.15) is 5.10 Å². The highest BCUT2D eigenvalue weighted by atomic mass is 127. The molecular weight excluding hydrogens is 386 g/mol. The van der Waals surface area contributed by atoms with E-state index in [1.807, 2.05) is 25.2 Å². The van der Waals surface area contributed by atoms with Crippen LogP contribution in [0.15, 0.2) is 24.4 Å². The Kier molecular flexibility index (Phi) is 4.50. The van der Waals surface area contributed by atoms with Crippen LogP contribution in [0.2, 0.25) is 10.0 Å². The van der Waals surface area contributed by atoms with E-state index in [1.165, 1.54) is 0 Å². The van der Waals surface area contributed by atoms with Gasteiger partial charge in [0.25, 0.3) is 0 Å². The van der Waals surface area contributed by atoms with E-state index in [0.717, 1.165) is 14.8 Å². The van der Waals surface area contributed by atoms with Crippen LogP contribution in [0.25, 0.3) is 0 Å². The maximum Gasteiger partial charge on any atom is 0.0893 e. The molecular formula is C11H11Cl2IN4. The van der Waals surface area contributed by atoms with Crippen LogP contribution in [-0.2, 0) is 7.05 Å². The van der Waals surface area contributed by atoms with Crippen molar-refractivity contribution in [1.29, 1.82) is 0 Å². The van der Waals surface area contributed by atoms with Crippen molar-refractivity contribution in [2.75, 3.05) is 0 Å². The van der Waals surface area contributed by atoms with Gasteiger partial charge in [0, 0.05) is 10.6 Å². The molecule has 0 saturated heterocycles. The Hall–Kier alpha value is -0.340. The Bertz CT molecular complexity index is 551. The SMILES string of the molecule is Cn1ncc(Cl)c1C(NN)c1ccc(I)c(Cl)c1. The fraction of sp³-hybridized carbons (Fsp3) is 0.182. The van der Waals surface area contributed by atoms with Crippen molar-refractivity contribution in [3.63, 3.8) is 0 Å². The van der Waals surface area contributed by atoms with Gasteiger partial charge in [-0.1, -0.05) is 29.3 Å². The van der Waals surface area contributed by atoms with Crippen LogP contribution >= 0.6 is 45.8 Å². The minimum absolute atomic E-state index is 0.250. The number of aromatic nitrogens is 2. The van der Waals surface area contributed by atoms with Gasteiger partial charge in [-0.15, -0.1) is 0 Å². The summed E-state index contributed by atoms with van der Waals surface area (Å²) in [6, 6.07) is 5.52. The first-order valence-corrected chi connectivity index (χ1v) is 6.96. The zero-order valence-corrected chi connectivity index (χ0v) is 13.2. The van der Waals surface area contributed by atoms with E-state index in [0.29, 0.717) is 10.0 Å². The predicted octanol–water partition coefficient (Wildman–Crippen LogP) is 2.88. The molecule has 0 aliphatic heterocycles. The fourth-order valence-corrected chi connectivity index (χ4v) is 2.57. The lowest BCUT2D eigenvalue weighted by Crippen LogP contribution is -2.30. The number of rotatable bonds is 3. The van der Waals surface area contributed by atoms with Gasteiger partial charge in [0.05, 0.1) is 28.0 Å². The lowest BCUT2D eigenvalue weighted by molar-refractivity contribution is 0.575. The van der Waals surface area contributed by atoms with E-state index in [2.05, 4.69) is 33.1 Å². The van der Waals surface area contributed by atoms with E-state index in [1.54, 1.807) is 10.9 Å². The average Bonchev–Trinajstić information content (AvgIpc) is 2.66. The smallest absolute Gasteiger partial charge is 0.0893 e. The van der Waals surface area contributed by atoms with Crippen LogP contribution < -0.4 is 11.3 Å². The van der Waals surface area contributed by atoms with Gasteiger partial charge < -0.3 is 0 Å². The number of hydrogen-bond donors (Lipinski definition) is 2. The summed E-state index contributed by atoms with van der Waals surface area (Å²) in [4.78, 5) is 0. The Labute approximate surface area is 129 Å². The second-order valence-corrected chi connectivity index (χ2v) is 5.75. The van der Waals surface area contributed by atoms with Crippen molar-refractivity contribution in [3.8, 4) is 0 Å². The summed E-state index contributed by atoms with van der Waals surface area (Å²) in [5, 5.41) is 5.36. The molecule has 0 aliphatic carbocycles. The highest BCUT2D eigenvalue weighted by molar-refractivity contribution is 14.1. The summed E-state index contributed by atoms with van der Waals surface area (Å²) in [7, 11) is 1.82. The Balaban J connectivity index is 2.48. The summed E-state index contributed by atoms with van der Waals surface area (Å²) in [5.41, 5.74) is 4.48. The van der Waals surface area contributed by atoms with E-state index in [4.69, 9.17) is 29.0 Å². The molecule has 0 amide bonds. The first-order chi connectivity index (χ1) is 8.54. The minimum Gasteiger partial charge on any atom is -0.271 e. The van der Waals surface area contributed by atoms with Gasteiger partial charge in [0.15, 0.2) is 0 Å². The normalized spacial score (nSPS) is 12.7. The van der Waals surface area contributed by atoms with Gasteiger partial charge in [-0.3, -0.25) is 10.5 Å². The Morgan fingerprint density at radius 1 is 1.39 bits per heavy atom. The van der Waals surface area contributed by atoms with Crippen molar-refractivity contribution in [2.45, 2.75) is 6.04 Å². The first-order valence-electron chi connectivity index (χ1n) is 5.13. The van der Waals surface area contributed by atoms with Crippen LogP contribution in [0.1, 0.15) is 17.3 Å². The van der Waals surface area contributed by atoms with Crippen LogP contribution in [0.5, 0.6) is 0 Å². The average molecular weight is 397 g/mol. The number of benzene rings is 1. The van der Waals surface area contributed by atoms with E-state index in [-0.39, 0.29) is 6.04 Å². The van der Waals surface area contributed by atoms with Crippen molar-refractivity contribution in [2.24, 2.45) is 12.9 Å². The number of hydrazine groups is 1. The summed E-state index contributed by atoms with van der Waals surface area (Å²) >= 11 is 14.4. The molecule has 0 bridgehead atoms. The van der Waals surface area contributed by atoms with Gasteiger partial charge in [0.2, 0.25) is 0 Å². The Morgan fingerprint density at radius 3 is 2.61 bits per heavy atom. The molecule has 0 aliphatic rings. The second-order valence-electron chi connectivity index (χ2n) is 3.77. The summed E-state index contributed by atoms with van der Waals surface area (Å²) < 4.78 is 2.68. The van der Waals surface area contributed by atoms with Crippen molar-refractivity contribution in [1.82, 2.24) is 15.2 Å². The molecule has 1 aromatic carbocycles. The second kappa shape index (κ2) is 5.75. The third-order valence-corrected chi connectivity index (χ3v) is 4.52. The largest absolute Gasteiger partial charge is 0.271 e. The highest BCUT2D eigenvalue weighted by Crippen LogP contribution is 2.30. The molecule has 3 N–H and O–H groups in total. The standard InChI is InChI=1S/C11H11Cl2IN4/c1-18-11(8(13)5-16-18)10(17-15)6-2-3-9(14)7(12)4-6/h2-5,10,17H,15H2,1H3. The van der Waals surface area contributed by atoms with E-state index >= 15 is 0 Å². The zero-order chi connectivity index (χ0) is 13.3. The van der Waals surface area contributed by atoms with E-state index < -0.39 is 0 Å². The maximum absolute atomic E-state index is 6.13. The maximum atomic E-state index is 6.13. The van der Waals surface area contributed by atoms with Crippen LogP contribution in [0, 0.1) is 3.57 Å². The molecule has 0 radical (unpaired) electrons. The topological polar surface area (TPSA) is 55.9 Å². The van der Waals surface area contributed by atoms with E-state index in [9.17, 15) is 0 Å². The summed E-state index contributed by atoms with van der Waals surface area (Å²) in [5.74, 6) is 5.63. The van der Waals surface area contributed by atoms with Crippen LogP contribution in [0.4, 0.5) is 0 Å². The number of nitrogens with zero attached hydrogens (tertiary/aromatic N) is 2. The minimum atomic E-state index is -0.250. The lowest BCUT2D eigenvalue weighted by Gasteiger charge is -2.18. The zero-order valence-electron chi connectivity index (χ0n) is 9.49. The fourth-order valence-electron chi connectivity index (χ4n) is 1.77. The summed E-state index contributed by atoms with van der Waals surface area (Å²) in [6.45, 7) is 0. The predicted molar refractivity (Wildman–Crippen MR) is 81.6 cm³/mol. The molecule has 0 saturated carbocycles. The quantitative estimate of drug-likeness (QED) is 0.476. The number of hydrogen-bond acceptors (Lipinski definition) is 3. The van der Waals surface area contributed by atoms with Crippen molar-refractivity contribution < 1.29 is 0 Å². The molecule has 2 aromatic rings. The summed E-state index contributed by atoms with van der Waals surface area (Å²) in [6.07, 6.45) is 1.59. The lowest BCUT2D eigenvalue weighted by atomic mass is 10.0. The monoisotopic (exact) mass is 396 g/mol. The molecule has 96 valence electrons. The third kappa shape index (κ3) is 2.65. The van der Waals surface area contributed by atoms with Crippen molar-refractivity contribution >= 4 is 45.8 Å². The molecule has 18 heavy (non-hydrogen) atoms. The Morgan fingerprint density at radius 2 is 2.11 bits per heavy atom. The highest BCUT2D eigenvalue weighted by Gasteiger charge is 2.20. The molecule has 2 rings (SSSR count). The molecule has 1 atom stereocenters. The van der Waals surface area contributed by atoms with Crippen LogP contribution in [-0.4, -0.2) is 9.78 Å². The number of halogens is 3. The number of nitrogens with two attached hydrogens (primary N) is 1. The third-order valence-electron chi connectivity index (χ3n) is 2.65. The van der Waals surface area contributed by atoms with Crippen molar-refractivity contribution in [3.05, 3.63) is 49.3 Å². The number of aryl methyl sites for hydroxylation is 1. The number of nitrogens with one attached hydrogen (secondary N) is 1. The van der Waals surface area contributed by atoms with Crippen LogP contribution in [0.3, 0.4) is 0 Å². The molecule has 4 nitrogen and oxygen atoms in total. The molecule has 1 unspecified atom stereocenters. The van der Waals surface area contributed by atoms with Gasteiger partial charge in [-0.05, 0) is 40.3 Å². The molecule has 0 spiro atoms. The molecule has 1 heterocycles. The van der Waals surface area contributed by atoms with Gasteiger partial charge in [0.1, 0.15) is 0 Å². The molecule has 0 fully saturated rings. The van der Waals surface area contributed by atoms with Gasteiger partial charge in [-0.25, -0.2) is 5.43 Å². The van der Waals surface area contributed by atoms with Gasteiger partial charge >= 0.3 is 0 Å².